The summed E-state index contributed by atoms with van der Waals surface area (Å²) < 4.78 is 0. The predicted molar refractivity (Wildman–Crippen MR) is 203 cm³/mol. The van der Waals surface area contributed by atoms with Gasteiger partial charge in [-0.1, -0.05) is 0 Å². The molecule has 0 aromatic rings. The van der Waals surface area contributed by atoms with Crippen molar-refractivity contribution < 1.29 is 72.9 Å². The molecule has 0 aliphatic heterocycles. The van der Waals surface area contributed by atoms with E-state index in [0.717, 1.165) is 0 Å². The van der Waals surface area contributed by atoms with E-state index >= 15 is 0 Å². The lowest BCUT2D eigenvalue weighted by molar-refractivity contribution is -0.143. The Morgan fingerprint density at radius 2 is 0.933 bits per heavy atom. The van der Waals surface area contributed by atoms with Crippen LogP contribution >= 0.6 is 0 Å². The van der Waals surface area contributed by atoms with Crippen molar-refractivity contribution in [3.05, 3.63) is 0 Å². The molecule has 0 fully saturated rings. The van der Waals surface area contributed by atoms with Crippen molar-refractivity contribution in [3.8, 4) is 0 Å². The summed E-state index contributed by atoms with van der Waals surface area (Å²) in [5.41, 5.74) is 26.7. The van der Waals surface area contributed by atoms with Crippen LogP contribution in [0.5, 0.6) is 0 Å². The van der Waals surface area contributed by atoms with Crippen LogP contribution in [0.15, 0.2) is 0 Å². The lowest BCUT2D eigenvalue weighted by Gasteiger charge is -2.26. The topological polar surface area (TPSA) is 480 Å². The largest absolute Gasteiger partial charge is 0.481 e. The van der Waals surface area contributed by atoms with Gasteiger partial charge in [0.25, 0.3) is 0 Å². The van der Waals surface area contributed by atoms with Gasteiger partial charge in [0.05, 0.1) is 25.6 Å². The second kappa shape index (κ2) is 28.0. The zero-order valence-corrected chi connectivity index (χ0v) is 32.9. The SMILES string of the molecule is C[C@H](N)C(=O)N[C@@H](CCC(=O)O)C(=O)N[C@@H](CC(N)=O)C(=O)N[C@@H](CCC(N)=O)C(=O)N[C@@H](CCC(N)=O)C(=O)NCC(=O)N[C@@H](CCCCN)C(=O)N[C@@H](CO)C(=O)O. The predicted octanol–water partition coefficient (Wildman–Crippen LogP) is -8.16. The number of carbonyl (C=O) groups is 12. The quantitative estimate of drug-likeness (QED) is 0.0288. The average Bonchev–Trinajstić information content (AvgIpc) is 3.15. The van der Waals surface area contributed by atoms with Crippen LogP contribution in [0.25, 0.3) is 0 Å². The lowest BCUT2D eigenvalue weighted by atomic mass is 10.0. The van der Waals surface area contributed by atoms with Gasteiger partial charge in [0.1, 0.15) is 36.3 Å². The average molecular weight is 861 g/mol. The number of carboxylic acid groups (broad SMARTS) is 2. The highest BCUT2D eigenvalue weighted by atomic mass is 16.4. The number of amides is 10. The van der Waals surface area contributed by atoms with Crippen molar-refractivity contribution in [1.29, 1.82) is 0 Å². The first-order chi connectivity index (χ1) is 28.0. The number of unbranched alkanes of at least 4 members (excludes halogenated alkanes) is 1. The van der Waals surface area contributed by atoms with Crippen LogP contribution in [0.1, 0.15) is 71.1 Å². The third kappa shape index (κ3) is 22.5. The second-order valence-electron chi connectivity index (χ2n) is 13.4. The number of nitrogens with one attached hydrogen (secondary N) is 7. The monoisotopic (exact) mass is 860 g/mol. The Hall–Kier alpha value is -6.48. The number of aliphatic carboxylic acids is 2. The summed E-state index contributed by atoms with van der Waals surface area (Å²) in [5.74, 6) is -13.4. The van der Waals surface area contributed by atoms with Gasteiger partial charge in [-0.25, -0.2) is 4.79 Å². The highest BCUT2D eigenvalue weighted by Crippen LogP contribution is 2.07. The van der Waals surface area contributed by atoms with Crippen LogP contribution in [0.4, 0.5) is 0 Å². The molecule has 27 heteroatoms. The van der Waals surface area contributed by atoms with E-state index in [2.05, 4.69) is 37.2 Å². The molecule has 0 aromatic heterocycles. The molecule has 0 saturated carbocycles. The van der Waals surface area contributed by atoms with Crippen molar-refractivity contribution in [2.75, 3.05) is 19.7 Å². The molecule has 20 N–H and O–H groups in total. The molecule has 0 bridgehead atoms. The fourth-order valence-corrected chi connectivity index (χ4v) is 4.93. The first-order valence-electron chi connectivity index (χ1n) is 18.5. The molecular formula is C33H56N12O15. The smallest absolute Gasteiger partial charge is 0.328 e. The third-order valence-corrected chi connectivity index (χ3v) is 8.18. The maximum Gasteiger partial charge on any atom is 0.328 e. The first-order valence-corrected chi connectivity index (χ1v) is 18.5. The third-order valence-electron chi connectivity index (χ3n) is 8.18. The van der Waals surface area contributed by atoms with E-state index in [9.17, 15) is 62.6 Å². The fraction of sp³-hybridized carbons (Fsp3) is 0.636. The highest BCUT2D eigenvalue weighted by molar-refractivity contribution is 5.98. The van der Waals surface area contributed by atoms with E-state index in [1.807, 2.05) is 0 Å². The number of rotatable bonds is 31. The Bertz CT molecular complexity index is 1580. The molecule has 60 heavy (non-hydrogen) atoms. The summed E-state index contributed by atoms with van der Waals surface area (Å²) in [6.07, 6.45) is -3.34. The molecule has 0 aliphatic rings. The first kappa shape index (κ1) is 53.5. The van der Waals surface area contributed by atoms with Crippen LogP contribution in [-0.2, 0) is 57.5 Å². The van der Waals surface area contributed by atoms with Gasteiger partial charge in [-0.2, -0.15) is 0 Å². The van der Waals surface area contributed by atoms with E-state index in [4.69, 9.17) is 38.9 Å². The number of nitrogens with two attached hydrogens (primary N) is 5. The molecule has 0 radical (unpaired) electrons. The summed E-state index contributed by atoms with van der Waals surface area (Å²) in [7, 11) is 0. The minimum absolute atomic E-state index is 0.0183. The van der Waals surface area contributed by atoms with Crippen molar-refractivity contribution >= 4 is 71.0 Å². The van der Waals surface area contributed by atoms with Crippen LogP contribution in [0, 0.1) is 0 Å². The molecule has 0 spiro atoms. The number of carboxylic acids is 2. The van der Waals surface area contributed by atoms with E-state index in [1.54, 1.807) is 0 Å². The van der Waals surface area contributed by atoms with E-state index in [-0.39, 0.29) is 13.0 Å². The van der Waals surface area contributed by atoms with Crippen LogP contribution in [-0.4, -0.2) is 148 Å². The summed E-state index contributed by atoms with van der Waals surface area (Å²) >= 11 is 0. The normalized spacial score (nSPS) is 14.2. The van der Waals surface area contributed by atoms with Crippen molar-refractivity contribution in [2.45, 2.75) is 113 Å². The zero-order chi connectivity index (χ0) is 46.1. The summed E-state index contributed by atoms with van der Waals surface area (Å²) in [5, 5.41) is 42.9. The molecule has 7 atom stereocenters. The fourth-order valence-electron chi connectivity index (χ4n) is 4.93. The molecule has 0 rings (SSSR count). The molecule has 0 saturated heterocycles. The number of aliphatic hydroxyl groups excluding tert-OH is 1. The van der Waals surface area contributed by atoms with Crippen molar-refractivity contribution in [3.63, 3.8) is 0 Å². The van der Waals surface area contributed by atoms with Crippen molar-refractivity contribution in [1.82, 2.24) is 37.2 Å². The maximum absolute atomic E-state index is 13.5. The minimum Gasteiger partial charge on any atom is -0.481 e. The Kier molecular flexibility index (Phi) is 25.0. The molecule has 0 heterocycles. The number of carbonyl (C=O) groups excluding carboxylic acids is 10. The van der Waals surface area contributed by atoms with Gasteiger partial charge >= 0.3 is 11.9 Å². The van der Waals surface area contributed by atoms with Gasteiger partial charge in [-0.05, 0) is 52.0 Å². The molecule has 10 amide bonds. The van der Waals surface area contributed by atoms with Crippen LogP contribution in [0.3, 0.4) is 0 Å². The summed E-state index contributed by atoms with van der Waals surface area (Å²) in [6.45, 7) is -0.286. The van der Waals surface area contributed by atoms with E-state index < -0.39 is 171 Å². The Balaban J connectivity index is 6.23. The number of aliphatic hydroxyl groups is 1. The van der Waals surface area contributed by atoms with Gasteiger partial charge in [-0.15, -0.1) is 0 Å². The van der Waals surface area contributed by atoms with Crippen LogP contribution < -0.4 is 65.9 Å². The molecule has 0 aliphatic carbocycles. The van der Waals surface area contributed by atoms with Gasteiger partial charge < -0.3 is 81.2 Å². The highest BCUT2D eigenvalue weighted by Gasteiger charge is 2.33. The molecule has 0 unspecified atom stereocenters. The summed E-state index contributed by atoms with van der Waals surface area (Å²) in [6, 6.07) is -11.0. The van der Waals surface area contributed by atoms with Crippen LogP contribution in [0.2, 0.25) is 0 Å². The zero-order valence-electron chi connectivity index (χ0n) is 32.9. The van der Waals surface area contributed by atoms with Gasteiger partial charge in [0.2, 0.25) is 59.1 Å². The number of hydrogen-bond acceptors (Lipinski definition) is 15. The molecule has 0 aromatic carbocycles. The summed E-state index contributed by atoms with van der Waals surface area (Å²) in [4.78, 5) is 149. The van der Waals surface area contributed by atoms with E-state index in [1.165, 1.54) is 6.92 Å². The van der Waals surface area contributed by atoms with Gasteiger partial charge in [-0.3, -0.25) is 52.7 Å². The Labute approximate surface area is 342 Å². The molecular weight excluding hydrogens is 804 g/mol. The molecule has 27 nitrogen and oxygen atoms in total. The Morgan fingerprint density at radius 3 is 1.35 bits per heavy atom. The second-order valence-corrected chi connectivity index (χ2v) is 13.4. The van der Waals surface area contributed by atoms with Crippen molar-refractivity contribution in [2.24, 2.45) is 28.7 Å². The van der Waals surface area contributed by atoms with Gasteiger partial charge in [0, 0.05) is 19.3 Å². The standard InChI is InChI=1S/C33H56N12O15/c1-15(35)27(53)41-19(7-10-26(51)52)31(57)44-20(12-24(38)49)32(58)43-18(6-9-23(37)48)30(56)42-17(5-8-22(36)47)28(54)39-13-25(50)40-16(4-2-3-11-34)29(55)45-21(14-46)33(59)60/h15-21,46H,2-14,34-35H2,1H3,(H2,36,47)(H2,37,48)(H2,38,49)(H,39,54)(H,40,50)(H,41,53)(H,42,56)(H,43,58)(H,44,57)(H,45,55)(H,51,52)(H,59,60)/t15-,16-,17-,18-,19-,20-,21-/m0/s1. The number of hydrogen-bond donors (Lipinski definition) is 15. The molecule has 338 valence electrons. The van der Waals surface area contributed by atoms with Gasteiger partial charge in [0.15, 0.2) is 0 Å². The lowest BCUT2D eigenvalue weighted by Crippen LogP contribution is -2.59. The van der Waals surface area contributed by atoms with E-state index in [0.29, 0.717) is 12.8 Å². The number of primary amides is 3. The Morgan fingerprint density at radius 1 is 0.517 bits per heavy atom. The maximum atomic E-state index is 13.5. The minimum atomic E-state index is -1.86.